The number of aryl methyl sites for hydroxylation is 1. The molecule has 0 saturated carbocycles. The fourth-order valence-corrected chi connectivity index (χ4v) is 1.69. The van der Waals surface area contributed by atoms with E-state index in [4.69, 9.17) is 9.84 Å². The summed E-state index contributed by atoms with van der Waals surface area (Å²) < 4.78 is 5.57. The van der Waals surface area contributed by atoms with E-state index in [0.717, 1.165) is 5.56 Å². The number of carboxylic acid groups (broad SMARTS) is 1. The number of carbonyl (C=O) groups excluding carboxylic acids is 1. The molecule has 0 bridgehead atoms. The van der Waals surface area contributed by atoms with Crippen LogP contribution in [0.5, 0.6) is 11.6 Å². The van der Waals surface area contributed by atoms with E-state index < -0.39 is 5.97 Å². The van der Waals surface area contributed by atoms with Gasteiger partial charge in [-0.15, -0.1) is 0 Å². The van der Waals surface area contributed by atoms with Crippen molar-refractivity contribution in [3.8, 4) is 11.6 Å². The second-order valence-electron chi connectivity index (χ2n) is 4.74. The van der Waals surface area contributed by atoms with Crippen molar-refractivity contribution in [2.45, 2.75) is 19.8 Å². The lowest BCUT2D eigenvalue weighted by Crippen LogP contribution is -2.13. The molecular weight excluding hydrogens is 284 g/mol. The average Bonchev–Trinajstić information content (AvgIpc) is 2.49. The maximum absolute atomic E-state index is 11.5. The number of hydrogen-bond acceptors (Lipinski definition) is 4. The van der Waals surface area contributed by atoms with E-state index in [-0.39, 0.29) is 18.7 Å². The van der Waals surface area contributed by atoms with Crippen molar-refractivity contribution >= 4 is 17.6 Å². The van der Waals surface area contributed by atoms with Gasteiger partial charge in [0.25, 0.3) is 0 Å². The number of aromatic nitrogens is 1. The zero-order valence-corrected chi connectivity index (χ0v) is 12.1. The van der Waals surface area contributed by atoms with Gasteiger partial charge in [-0.25, -0.2) is 4.98 Å². The standard InChI is InChI=1S/C16H16N2O4/c1-11-2-5-13(6-3-11)22-15-8-4-12(10-17-15)18-14(19)7-9-16(20)21/h2-6,8,10H,7,9H2,1H3,(H,18,19)(H,20,21). The minimum atomic E-state index is -1.00. The van der Waals surface area contributed by atoms with Crippen molar-refractivity contribution < 1.29 is 19.4 Å². The van der Waals surface area contributed by atoms with Crippen LogP contribution >= 0.6 is 0 Å². The van der Waals surface area contributed by atoms with Gasteiger partial charge in [0.15, 0.2) is 0 Å². The van der Waals surface area contributed by atoms with Crippen molar-refractivity contribution in [1.82, 2.24) is 4.98 Å². The van der Waals surface area contributed by atoms with E-state index >= 15 is 0 Å². The fourth-order valence-electron chi connectivity index (χ4n) is 1.69. The van der Waals surface area contributed by atoms with Crippen molar-refractivity contribution in [3.63, 3.8) is 0 Å². The summed E-state index contributed by atoms with van der Waals surface area (Å²) >= 11 is 0. The molecule has 2 aromatic rings. The Morgan fingerprint density at radius 2 is 1.86 bits per heavy atom. The summed E-state index contributed by atoms with van der Waals surface area (Å²) in [6, 6.07) is 10.8. The molecule has 2 N–H and O–H groups in total. The topological polar surface area (TPSA) is 88.5 Å². The highest BCUT2D eigenvalue weighted by Gasteiger charge is 2.06. The Morgan fingerprint density at radius 1 is 1.14 bits per heavy atom. The van der Waals surface area contributed by atoms with Crippen LogP contribution in [-0.2, 0) is 9.59 Å². The lowest BCUT2D eigenvalue weighted by molar-refractivity contribution is -0.138. The Morgan fingerprint density at radius 3 is 2.45 bits per heavy atom. The molecule has 6 heteroatoms. The molecule has 22 heavy (non-hydrogen) atoms. The third-order valence-electron chi connectivity index (χ3n) is 2.83. The van der Waals surface area contributed by atoms with Crippen LogP contribution < -0.4 is 10.1 Å². The molecule has 0 unspecified atom stereocenters. The number of carbonyl (C=O) groups is 2. The molecule has 1 amide bonds. The molecular formula is C16H16N2O4. The molecule has 0 aliphatic rings. The molecule has 1 aromatic carbocycles. The summed E-state index contributed by atoms with van der Waals surface area (Å²) in [5.74, 6) is -0.282. The number of hydrogen-bond donors (Lipinski definition) is 2. The number of benzene rings is 1. The maximum atomic E-state index is 11.5. The van der Waals surface area contributed by atoms with Gasteiger partial charge in [0, 0.05) is 12.5 Å². The first-order valence-electron chi connectivity index (χ1n) is 6.75. The highest BCUT2D eigenvalue weighted by Crippen LogP contribution is 2.20. The van der Waals surface area contributed by atoms with Crippen LogP contribution in [0.3, 0.4) is 0 Å². The van der Waals surface area contributed by atoms with Gasteiger partial charge in [-0.05, 0) is 25.1 Å². The average molecular weight is 300 g/mol. The molecule has 0 aliphatic carbocycles. The molecule has 1 heterocycles. The molecule has 1 aromatic heterocycles. The molecule has 0 saturated heterocycles. The minimum absolute atomic E-state index is 0.0725. The molecule has 2 rings (SSSR count). The van der Waals surface area contributed by atoms with Gasteiger partial charge >= 0.3 is 5.97 Å². The van der Waals surface area contributed by atoms with Crippen LogP contribution in [0.2, 0.25) is 0 Å². The Hall–Kier alpha value is -2.89. The van der Waals surface area contributed by atoms with Crippen LogP contribution in [-0.4, -0.2) is 22.0 Å². The zero-order chi connectivity index (χ0) is 15.9. The maximum Gasteiger partial charge on any atom is 0.303 e. The number of nitrogens with one attached hydrogen (secondary N) is 1. The molecule has 0 spiro atoms. The second kappa shape index (κ2) is 7.21. The summed E-state index contributed by atoms with van der Waals surface area (Å²) in [5, 5.41) is 11.1. The third kappa shape index (κ3) is 4.90. The molecule has 6 nitrogen and oxygen atoms in total. The summed E-state index contributed by atoms with van der Waals surface area (Å²) in [6.07, 6.45) is 1.19. The van der Waals surface area contributed by atoms with Crippen molar-refractivity contribution in [2.75, 3.05) is 5.32 Å². The highest BCUT2D eigenvalue weighted by molar-refractivity contribution is 5.92. The fraction of sp³-hybridized carbons (Fsp3) is 0.188. The van der Waals surface area contributed by atoms with E-state index in [1.807, 2.05) is 31.2 Å². The lowest BCUT2D eigenvalue weighted by atomic mass is 10.2. The van der Waals surface area contributed by atoms with Crippen LogP contribution in [0.1, 0.15) is 18.4 Å². The van der Waals surface area contributed by atoms with Gasteiger partial charge in [-0.3, -0.25) is 9.59 Å². The zero-order valence-electron chi connectivity index (χ0n) is 12.1. The van der Waals surface area contributed by atoms with Crippen molar-refractivity contribution in [2.24, 2.45) is 0 Å². The number of amides is 1. The van der Waals surface area contributed by atoms with Crippen LogP contribution in [0, 0.1) is 6.92 Å². The van der Waals surface area contributed by atoms with E-state index in [1.54, 1.807) is 12.1 Å². The van der Waals surface area contributed by atoms with E-state index in [1.165, 1.54) is 6.20 Å². The van der Waals surface area contributed by atoms with Gasteiger partial charge in [0.1, 0.15) is 5.75 Å². The summed E-state index contributed by atoms with van der Waals surface area (Å²) in [5.41, 5.74) is 1.63. The molecule has 0 aliphatic heterocycles. The predicted molar refractivity (Wildman–Crippen MR) is 81.0 cm³/mol. The highest BCUT2D eigenvalue weighted by atomic mass is 16.5. The van der Waals surface area contributed by atoms with E-state index in [0.29, 0.717) is 17.3 Å². The number of ether oxygens (including phenoxy) is 1. The largest absolute Gasteiger partial charge is 0.481 e. The minimum Gasteiger partial charge on any atom is -0.481 e. The number of nitrogens with zero attached hydrogens (tertiary/aromatic N) is 1. The number of anilines is 1. The quantitative estimate of drug-likeness (QED) is 0.856. The Bertz CT molecular complexity index is 651. The number of pyridine rings is 1. The molecule has 114 valence electrons. The summed E-state index contributed by atoms with van der Waals surface area (Å²) in [7, 11) is 0. The Labute approximate surface area is 127 Å². The number of aliphatic carboxylic acids is 1. The van der Waals surface area contributed by atoms with Gasteiger partial charge in [-0.1, -0.05) is 17.7 Å². The Kier molecular flexibility index (Phi) is 5.08. The first kappa shape index (κ1) is 15.5. The summed E-state index contributed by atoms with van der Waals surface area (Å²) in [4.78, 5) is 26.0. The van der Waals surface area contributed by atoms with Crippen molar-refractivity contribution in [1.29, 1.82) is 0 Å². The van der Waals surface area contributed by atoms with E-state index in [9.17, 15) is 9.59 Å². The lowest BCUT2D eigenvalue weighted by Gasteiger charge is -2.07. The second-order valence-corrected chi connectivity index (χ2v) is 4.74. The Balaban J connectivity index is 1.91. The van der Waals surface area contributed by atoms with Crippen LogP contribution in [0.15, 0.2) is 42.6 Å². The van der Waals surface area contributed by atoms with Gasteiger partial charge < -0.3 is 15.2 Å². The molecule has 0 radical (unpaired) electrons. The number of rotatable bonds is 6. The first-order valence-corrected chi connectivity index (χ1v) is 6.75. The van der Waals surface area contributed by atoms with E-state index in [2.05, 4.69) is 10.3 Å². The van der Waals surface area contributed by atoms with Crippen LogP contribution in [0.4, 0.5) is 5.69 Å². The smallest absolute Gasteiger partial charge is 0.303 e. The van der Waals surface area contributed by atoms with Gasteiger partial charge in [0.2, 0.25) is 11.8 Å². The normalized spacial score (nSPS) is 10.0. The predicted octanol–water partition coefficient (Wildman–Crippen LogP) is 2.99. The first-order chi connectivity index (χ1) is 10.5. The van der Waals surface area contributed by atoms with Crippen molar-refractivity contribution in [3.05, 3.63) is 48.2 Å². The summed E-state index contributed by atoms with van der Waals surface area (Å²) in [6.45, 7) is 1.99. The SMILES string of the molecule is Cc1ccc(Oc2ccc(NC(=O)CCC(=O)O)cn2)cc1. The number of carboxylic acids is 1. The van der Waals surface area contributed by atoms with Gasteiger partial charge in [-0.2, -0.15) is 0 Å². The molecule has 0 atom stereocenters. The molecule has 0 fully saturated rings. The van der Waals surface area contributed by atoms with Crippen LogP contribution in [0.25, 0.3) is 0 Å². The third-order valence-corrected chi connectivity index (χ3v) is 2.83. The van der Waals surface area contributed by atoms with Gasteiger partial charge in [0.05, 0.1) is 18.3 Å². The monoisotopic (exact) mass is 300 g/mol.